The minimum absolute atomic E-state index is 0.855. The Morgan fingerprint density at radius 3 is 2.33 bits per heavy atom. The number of aryl methyl sites for hydroxylation is 1. The van der Waals surface area contributed by atoms with Crippen LogP contribution in [0.15, 0.2) is 24.3 Å². The van der Waals surface area contributed by atoms with Crippen molar-refractivity contribution in [3.05, 3.63) is 29.8 Å². The maximum absolute atomic E-state index is 5.31. The Kier molecular flexibility index (Phi) is 6.81. The Balaban J connectivity index is 0.000000280. The van der Waals surface area contributed by atoms with E-state index in [0.717, 1.165) is 32.2 Å². The highest BCUT2D eigenvalue weighted by molar-refractivity contribution is 5.48. The molecule has 1 aromatic rings. The molecule has 0 aliphatic carbocycles. The lowest BCUT2D eigenvalue weighted by atomic mass is 10.2. The van der Waals surface area contributed by atoms with Crippen molar-refractivity contribution >= 4 is 5.69 Å². The molecule has 0 bridgehead atoms. The van der Waals surface area contributed by atoms with Crippen LogP contribution in [-0.4, -0.2) is 26.3 Å². The second-order valence-corrected chi connectivity index (χ2v) is 5.24. The molecule has 2 rings (SSSR count). The number of nitrogens with zero attached hydrogens (tertiary/aromatic N) is 1. The van der Waals surface area contributed by atoms with Gasteiger partial charge in [0.05, 0.1) is 13.2 Å². The molecule has 1 aliphatic heterocycles. The minimum atomic E-state index is 0.855. The first-order valence-corrected chi connectivity index (χ1v) is 7.02. The highest BCUT2D eigenvalue weighted by Crippen LogP contribution is 2.16. The molecule has 1 fully saturated rings. The summed E-state index contributed by atoms with van der Waals surface area (Å²) in [5.41, 5.74) is 2.65. The number of anilines is 1. The van der Waals surface area contributed by atoms with Crippen LogP contribution in [0, 0.1) is 12.8 Å². The van der Waals surface area contributed by atoms with Gasteiger partial charge in [0.25, 0.3) is 0 Å². The van der Waals surface area contributed by atoms with Crippen LogP contribution in [0.2, 0.25) is 0 Å². The Hall–Kier alpha value is -1.02. The summed E-state index contributed by atoms with van der Waals surface area (Å²) < 4.78 is 5.31. The van der Waals surface area contributed by atoms with E-state index in [9.17, 15) is 0 Å². The number of morpholine rings is 1. The van der Waals surface area contributed by atoms with E-state index in [2.05, 4.69) is 56.9 Å². The van der Waals surface area contributed by atoms with Gasteiger partial charge < -0.3 is 9.64 Å². The fraction of sp³-hybridized carbons (Fsp3) is 0.625. The molecule has 1 saturated heterocycles. The van der Waals surface area contributed by atoms with Gasteiger partial charge in [0.2, 0.25) is 0 Å². The second-order valence-electron chi connectivity index (χ2n) is 5.24. The molecular formula is C16H27NO. The first-order valence-electron chi connectivity index (χ1n) is 7.02. The predicted octanol–water partition coefficient (Wildman–Crippen LogP) is 3.88. The van der Waals surface area contributed by atoms with E-state index in [0.29, 0.717) is 0 Å². The largest absolute Gasteiger partial charge is 0.378 e. The van der Waals surface area contributed by atoms with E-state index >= 15 is 0 Å². The first kappa shape index (κ1) is 15.0. The van der Waals surface area contributed by atoms with Gasteiger partial charge in [0.15, 0.2) is 0 Å². The average molecular weight is 249 g/mol. The van der Waals surface area contributed by atoms with Gasteiger partial charge in [-0.2, -0.15) is 0 Å². The molecule has 0 radical (unpaired) electrons. The third-order valence-corrected chi connectivity index (χ3v) is 3.19. The first-order chi connectivity index (χ1) is 8.63. The van der Waals surface area contributed by atoms with Gasteiger partial charge in [-0.25, -0.2) is 0 Å². The van der Waals surface area contributed by atoms with Crippen molar-refractivity contribution in [2.75, 3.05) is 31.2 Å². The van der Waals surface area contributed by atoms with Crippen LogP contribution >= 0.6 is 0 Å². The summed E-state index contributed by atoms with van der Waals surface area (Å²) in [6, 6.07) is 8.63. The lowest BCUT2D eigenvalue weighted by Gasteiger charge is -2.29. The summed E-state index contributed by atoms with van der Waals surface area (Å²) in [5, 5.41) is 0. The molecule has 0 N–H and O–H groups in total. The van der Waals surface area contributed by atoms with Crippen molar-refractivity contribution < 1.29 is 4.74 Å². The number of ether oxygens (including phenoxy) is 1. The normalized spacial score (nSPS) is 15.3. The highest BCUT2D eigenvalue weighted by atomic mass is 16.5. The van der Waals surface area contributed by atoms with Crippen molar-refractivity contribution in [1.29, 1.82) is 0 Å². The van der Waals surface area contributed by atoms with Crippen molar-refractivity contribution in [2.45, 2.75) is 34.1 Å². The Morgan fingerprint density at radius 1 is 1.22 bits per heavy atom. The minimum Gasteiger partial charge on any atom is -0.378 e. The molecule has 18 heavy (non-hydrogen) atoms. The molecule has 0 spiro atoms. The van der Waals surface area contributed by atoms with Gasteiger partial charge in [-0.05, 0) is 30.5 Å². The Bertz CT molecular complexity index is 330. The summed E-state index contributed by atoms with van der Waals surface area (Å²) in [6.45, 7) is 12.5. The van der Waals surface area contributed by atoms with Crippen molar-refractivity contribution in [2.24, 2.45) is 5.92 Å². The average Bonchev–Trinajstić information content (AvgIpc) is 2.40. The van der Waals surface area contributed by atoms with Crippen LogP contribution in [0.5, 0.6) is 0 Å². The second kappa shape index (κ2) is 8.15. The number of rotatable bonds is 2. The molecule has 2 heteroatoms. The zero-order valence-corrected chi connectivity index (χ0v) is 12.3. The van der Waals surface area contributed by atoms with Crippen LogP contribution in [0.1, 0.15) is 32.8 Å². The van der Waals surface area contributed by atoms with E-state index in [1.54, 1.807) is 0 Å². The molecule has 0 atom stereocenters. The zero-order chi connectivity index (χ0) is 13.4. The van der Waals surface area contributed by atoms with Crippen LogP contribution in [0.3, 0.4) is 0 Å². The molecular weight excluding hydrogens is 222 g/mol. The van der Waals surface area contributed by atoms with Gasteiger partial charge in [-0.3, -0.25) is 0 Å². The third kappa shape index (κ3) is 5.54. The zero-order valence-electron chi connectivity index (χ0n) is 12.3. The van der Waals surface area contributed by atoms with E-state index in [-0.39, 0.29) is 0 Å². The summed E-state index contributed by atoms with van der Waals surface area (Å²) in [6.07, 6.45) is 1.31. The highest BCUT2D eigenvalue weighted by Gasteiger charge is 2.10. The van der Waals surface area contributed by atoms with Crippen LogP contribution < -0.4 is 4.90 Å². The molecule has 1 aromatic carbocycles. The van der Waals surface area contributed by atoms with E-state index in [4.69, 9.17) is 4.74 Å². The summed E-state index contributed by atoms with van der Waals surface area (Å²) in [4.78, 5) is 2.37. The number of hydrogen-bond donors (Lipinski definition) is 0. The standard InChI is InChI=1S/C11H15NO.C5H12/c1-10-3-2-4-11(9-10)12-5-7-13-8-6-12;1-4-5(2)3/h2-4,9H,5-8H2,1H3;5H,4H2,1-3H3. The number of hydrogen-bond acceptors (Lipinski definition) is 2. The van der Waals surface area contributed by atoms with Gasteiger partial charge in [0, 0.05) is 18.8 Å². The summed E-state index contributed by atoms with van der Waals surface area (Å²) >= 11 is 0. The number of benzene rings is 1. The molecule has 0 aromatic heterocycles. The molecule has 2 nitrogen and oxygen atoms in total. The van der Waals surface area contributed by atoms with E-state index < -0.39 is 0 Å². The van der Waals surface area contributed by atoms with Crippen molar-refractivity contribution in [1.82, 2.24) is 0 Å². The fourth-order valence-corrected chi connectivity index (χ4v) is 1.65. The van der Waals surface area contributed by atoms with Gasteiger partial charge in [0.1, 0.15) is 0 Å². The van der Waals surface area contributed by atoms with Crippen molar-refractivity contribution in [3.8, 4) is 0 Å². The smallest absolute Gasteiger partial charge is 0.0642 e. The molecule has 1 aliphatic rings. The van der Waals surface area contributed by atoms with E-state index in [1.807, 2.05) is 0 Å². The van der Waals surface area contributed by atoms with Crippen LogP contribution in [0.4, 0.5) is 5.69 Å². The lowest BCUT2D eigenvalue weighted by molar-refractivity contribution is 0.122. The molecule has 0 unspecified atom stereocenters. The SMILES string of the molecule is CCC(C)C.Cc1cccc(N2CCOCC2)c1. The molecule has 0 amide bonds. The van der Waals surface area contributed by atoms with Crippen molar-refractivity contribution in [3.63, 3.8) is 0 Å². The predicted molar refractivity (Wildman–Crippen MR) is 79.3 cm³/mol. The topological polar surface area (TPSA) is 12.5 Å². The van der Waals surface area contributed by atoms with Gasteiger partial charge in [-0.15, -0.1) is 0 Å². The fourth-order valence-electron chi connectivity index (χ4n) is 1.65. The molecule has 102 valence electrons. The Morgan fingerprint density at radius 2 is 1.83 bits per heavy atom. The maximum atomic E-state index is 5.31. The molecule has 0 saturated carbocycles. The maximum Gasteiger partial charge on any atom is 0.0642 e. The van der Waals surface area contributed by atoms with Gasteiger partial charge in [-0.1, -0.05) is 39.3 Å². The van der Waals surface area contributed by atoms with Crippen LogP contribution in [-0.2, 0) is 4.74 Å². The lowest BCUT2D eigenvalue weighted by Crippen LogP contribution is -2.36. The monoisotopic (exact) mass is 249 g/mol. The summed E-state index contributed by atoms with van der Waals surface area (Å²) in [5.74, 6) is 0.884. The summed E-state index contributed by atoms with van der Waals surface area (Å²) in [7, 11) is 0. The third-order valence-electron chi connectivity index (χ3n) is 3.19. The molecule has 1 heterocycles. The van der Waals surface area contributed by atoms with Gasteiger partial charge >= 0.3 is 0 Å². The van der Waals surface area contributed by atoms with Crippen LogP contribution in [0.25, 0.3) is 0 Å². The Labute approximate surface area is 112 Å². The quantitative estimate of drug-likeness (QED) is 0.788. The van der Waals surface area contributed by atoms with E-state index in [1.165, 1.54) is 17.7 Å².